The van der Waals surface area contributed by atoms with Crippen molar-refractivity contribution in [1.82, 2.24) is 15.0 Å². The molecular weight excluding hydrogens is 346 g/mol. The zero-order valence-corrected chi connectivity index (χ0v) is 15.4. The minimum absolute atomic E-state index is 0.0466. The molecule has 27 heavy (non-hydrogen) atoms. The largest absolute Gasteiger partial charge is 0.447 e. The Balaban J connectivity index is 1.56. The second kappa shape index (κ2) is 6.86. The molecule has 3 aromatic rings. The number of carbonyl (C=O) groups excluding carboxylic acids is 1. The summed E-state index contributed by atoms with van der Waals surface area (Å²) >= 11 is 0. The fourth-order valence-corrected chi connectivity index (χ4v) is 3.07. The van der Waals surface area contributed by atoms with Crippen molar-refractivity contribution in [2.24, 2.45) is 5.92 Å². The molecule has 1 fully saturated rings. The summed E-state index contributed by atoms with van der Waals surface area (Å²) in [5, 5.41) is 3.18. The molecule has 1 saturated heterocycles. The first-order chi connectivity index (χ1) is 13.0. The molecule has 8 nitrogen and oxygen atoms in total. The first-order valence-corrected chi connectivity index (χ1v) is 8.94. The zero-order chi connectivity index (χ0) is 19.0. The molecule has 0 radical (unpaired) electrons. The van der Waals surface area contributed by atoms with Crippen molar-refractivity contribution in [3.8, 4) is 0 Å². The van der Waals surface area contributed by atoms with E-state index in [0.29, 0.717) is 24.3 Å². The summed E-state index contributed by atoms with van der Waals surface area (Å²) in [5.41, 5.74) is 1.53. The number of rotatable bonds is 5. The van der Waals surface area contributed by atoms with Gasteiger partial charge in [0.2, 0.25) is 11.8 Å². The van der Waals surface area contributed by atoms with E-state index in [9.17, 15) is 4.79 Å². The van der Waals surface area contributed by atoms with E-state index in [1.807, 2.05) is 31.2 Å². The average molecular weight is 367 g/mol. The summed E-state index contributed by atoms with van der Waals surface area (Å²) in [7, 11) is 0. The number of para-hydroxylation sites is 2. The molecule has 0 saturated carbocycles. The van der Waals surface area contributed by atoms with Gasteiger partial charge in [0.1, 0.15) is 24.0 Å². The van der Waals surface area contributed by atoms with Crippen LogP contribution >= 0.6 is 0 Å². The van der Waals surface area contributed by atoms with Gasteiger partial charge in [-0.05, 0) is 31.0 Å². The number of nitrogens with zero attached hydrogens (tertiary/aromatic N) is 4. The maximum atomic E-state index is 12.1. The molecule has 2 aromatic heterocycles. The Morgan fingerprint density at radius 1 is 1.19 bits per heavy atom. The van der Waals surface area contributed by atoms with Gasteiger partial charge >= 0.3 is 6.09 Å². The number of aromatic nitrogens is 3. The molecule has 3 heterocycles. The van der Waals surface area contributed by atoms with E-state index < -0.39 is 0 Å². The lowest BCUT2D eigenvalue weighted by Gasteiger charge is -2.23. The Bertz CT molecular complexity index is 938. The van der Waals surface area contributed by atoms with Crippen molar-refractivity contribution in [3.05, 3.63) is 42.4 Å². The first kappa shape index (κ1) is 17.3. The monoisotopic (exact) mass is 367 g/mol. The molecule has 0 aliphatic carbocycles. The smallest absolute Gasteiger partial charge is 0.415 e. The van der Waals surface area contributed by atoms with Crippen LogP contribution in [0.25, 0.3) is 11.1 Å². The van der Waals surface area contributed by atoms with Crippen molar-refractivity contribution in [2.75, 3.05) is 16.8 Å². The Kier molecular flexibility index (Phi) is 4.39. The molecule has 0 bridgehead atoms. The number of fused-ring (bicyclic) bond motifs is 1. The van der Waals surface area contributed by atoms with Crippen LogP contribution in [-0.4, -0.2) is 33.7 Å². The van der Waals surface area contributed by atoms with Crippen LogP contribution in [0.3, 0.4) is 0 Å². The van der Waals surface area contributed by atoms with E-state index >= 15 is 0 Å². The van der Waals surface area contributed by atoms with Gasteiger partial charge in [-0.25, -0.2) is 14.8 Å². The summed E-state index contributed by atoms with van der Waals surface area (Å²) in [5.74, 6) is 1.70. The van der Waals surface area contributed by atoms with Crippen LogP contribution in [0, 0.1) is 5.92 Å². The van der Waals surface area contributed by atoms with Crippen LogP contribution in [-0.2, 0) is 4.74 Å². The lowest BCUT2D eigenvalue weighted by Crippen LogP contribution is -2.37. The van der Waals surface area contributed by atoms with Crippen LogP contribution < -0.4 is 10.2 Å². The Labute approximate surface area is 156 Å². The highest BCUT2D eigenvalue weighted by Gasteiger charge is 2.37. The van der Waals surface area contributed by atoms with E-state index in [-0.39, 0.29) is 24.1 Å². The lowest BCUT2D eigenvalue weighted by molar-refractivity contribution is 0.177. The number of anilines is 2. The van der Waals surface area contributed by atoms with Crippen LogP contribution in [0.1, 0.15) is 32.7 Å². The third-order valence-corrected chi connectivity index (χ3v) is 4.59. The molecule has 1 amide bonds. The summed E-state index contributed by atoms with van der Waals surface area (Å²) in [6, 6.07) is 9.02. The fourth-order valence-electron chi connectivity index (χ4n) is 3.07. The van der Waals surface area contributed by atoms with E-state index in [0.717, 1.165) is 11.1 Å². The molecule has 2 atom stereocenters. The summed E-state index contributed by atoms with van der Waals surface area (Å²) in [6.45, 7) is 6.38. The third-order valence-electron chi connectivity index (χ3n) is 4.59. The highest BCUT2D eigenvalue weighted by atomic mass is 16.6. The van der Waals surface area contributed by atoms with Gasteiger partial charge in [-0.1, -0.05) is 26.0 Å². The summed E-state index contributed by atoms with van der Waals surface area (Å²) in [6.07, 6.45) is 1.23. The highest BCUT2D eigenvalue weighted by molar-refractivity contribution is 5.89. The van der Waals surface area contributed by atoms with Crippen LogP contribution in [0.5, 0.6) is 0 Å². The predicted molar refractivity (Wildman–Crippen MR) is 101 cm³/mol. The van der Waals surface area contributed by atoms with E-state index in [1.54, 1.807) is 17.2 Å². The number of amides is 1. The zero-order valence-electron chi connectivity index (χ0n) is 15.4. The molecule has 1 N–H and O–H groups in total. The number of hydrogen-bond acceptors (Lipinski definition) is 7. The van der Waals surface area contributed by atoms with Gasteiger partial charge in [0.05, 0.1) is 6.04 Å². The maximum absolute atomic E-state index is 12.1. The number of benzene rings is 1. The molecule has 0 spiro atoms. The summed E-state index contributed by atoms with van der Waals surface area (Å²) < 4.78 is 11.0. The van der Waals surface area contributed by atoms with Crippen LogP contribution in [0.4, 0.5) is 16.6 Å². The van der Waals surface area contributed by atoms with Gasteiger partial charge in [-0.2, -0.15) is 4.98 Å². The number of oxazole rings is 1. The maximum Gasteiger partial charge on any atom is 0.415 e. The topological polar surface area (TPSA) is 93.4 Å². The number of ether oxygens (including phenoxy) is 1. The van der Waals surface area contributed by atoms with Gasteiger partial charge < -0.3 is 14.5 Å². The number of cyclic esters (lactones) is 1. The SMILES string of the molecule is CC(C)C1COC(=O)N1c1ccnc(N[C@@H](C)c2nc3ccccc3o2)n1. The van der Waals surface area contributed by atoms with Crippen LogP contribution in [0.2, 0.25) is 0 Å². The van der Waals surface area contributed by atoms with E-state index in [1.165, 1.54) is 0 Å². The molecule has 1 aromatic carbocycles. The minimum atomic E-state index is -0.384. The lowest BCUT2D eigenvalue weighted by atomic mass is 10.0. The molecule has 8 heteroatoms. The highest BCUT2D eigenvalue weighted by Crippen LogP contribution is 2.27. The standard InChI is InChI=1S/C19H21N5O3/c1-11(2)14-10-26-19(25)24(14)16-8-9-20-18(23-16)21-12(3)17-22-13-6-4-5-7-15(13)27-17/h4-9,11-12,14H,10H2,1-3H3,(H,20,21,23)/t12-,14?/m0/s1. The molecule has 1 unspecified atom stereocenters. The summed E-state index contributed by atoms with van der Waals surface area (Å²) in [4.78, 5) is 27.0. The van der Waals surface area contributed by atoms with Gasteiger partial charge in [0, 0.05) is 6.20 Å². The molecular formula is C19H21N5O3. The van der Waals surface area contributed by atoms with E-state index in [2.05, 4.69) is 34.1 Å². The number of carbonyl (C=O) groups is 1. The van der Waals surface area contributed by atoms with E-state index in [4.69, 9.17) is 9.15 Å². The Morgan fingerprint density at radius 2 is 2.00 bits per heavy atom. The van der Waals surface area contributed by atoms with Crippen molar-refractivity contribution < 1.29 is 13.9 Å². The van der Waals surface area contributed by atoms with Crippen molar-refractivity contribution in [3.63, 3.8) is 0 Å². The quantitative estimate of drug-likeness (QED) is 0.733. The Morgan fingerprint density at radius 3 is 2.78 bits per heavy atom. The first-order valence-electron chi connectivity index (χ1n) is 8.94. The second-order valence-corrected chi connectivity index (χ2v) is 6.88. The van der Waals surface area contributed by atoms with Gasteiger partial charge in [0.15, 0.2) is 5.58 Å². The van der Waals surface area contributed by atoms with Crippen molar-refractivity contribution >= 4 is 29.0 Å². The van der Waals surface area contributed by atoms with Crippen molar-refractivity contribution in [2.45, 2.75) is 32.9 Å². The molecule has 1 aliphatic rings. The van der Waals surface area contributed by atoms with Gasteiger partial charge in [0.25, 0.3) is 0 Å². The molecule has 1 aliphatic heterocycles. The van der Waals surface area contributed by atoms with Crippen molar-refractivity contribution in [1.29, 1.82) is 0 Å². The fraction of sp³-hybridized carbons (Fsp3) is 0.368. The second-order valence-electron chi connectivity index (χ2n) is 6.88. The molecule has 140 valence electrons. The minimum Gasteiger partial charge on any atom is -0.447 e. The number of nitrogens with one attached hydrogen (secondary N) is 1. The van der Waals surface area contributed by atoms with Crippen LogP contribution in [0.15, 0.2) is 40.9 Å². The predicted octanol–water partition coefficient (Wildman–Crippen LogP) is 3.77. The average Bonchev–Trinajstić information content (AvgIpc) is 3.25. The van der Waals surface area contributed by atoms with Gasteiger partial charge in [-0.3, -0.25) is 4.90 Å². The van der Waals surface area contributed by atoms with Gasteiger partial charge in [-0.15, -0.1) is 0 Å². The molecule has 4 rings (SSSR count). The normalized spacial score (nSPS) is 18.1. The Hall–Kier alpha value is -3.16. The third kappa shape index (κ3) is 3.30. The number of hydrogen-bond donors (Lipinski definition) is 1.